The zero-order valence-corrected chi connectivity index (χ0v) is 21.0. The summed E-state index contributed by atoms with van der Waals surface area (Å²) >= 11 is 0. The van der Waals surface area contributed by atoms with Gasteiger partial charge in [0.1, 0.15) is 11.4 Å². The summed E-state index contributed by atoms with van der Waals surface area (Å²) in [4.78, 5) is 28.6. The number of hydrogen-bond acceptors (Lipinski definition) is 6. The molecular formula is C26H39FN2O5. The van der Waals surface area contributed by atoms with Gasteiger partial charge >= 0.3 is 12.1 Å². The first-order chi connectivity index (χ1) is 16.3. The molecule has 1 fully saturated rings. The van der Waals surface area contributed by atoms with Gasteiger partial charge in [-0.25, -0.2) is 9.18 Å². The van der Waals surface area contributed by atoms with Crippen molar-refractivity contribution in [1.29, 1.82) is 0 Å². The number of amides is 1. The average molecular weight is 479 g/mol. The molecule has 2 unspecified atom stereocenters. The summed E-state index contributed by atoms with van der Waals surface area (Å²) in [7, 11) is 3.42. The molecule has 34 heavy (non-hydrogen) atoms. The van der Waals surface area contributed by atoms with Gasteiger partial charge in [-0.05, 0) is 62.0 Å². The van der Waals surface area contributed by atoms with Crippen LogP contribution in [0.25, 0.3) is 0 Å². The number of carbonyl (C=O) groups is 2. The third kappa shape index (κ3) is 6.48. The number of aryl methyl sites for hydroxylation is 1. The molecule has 2 aliphatic rings. The van der Waals surface area contributed by atoms with Gasteiger partial charge in [-0.2, -0.15) is 0 Å². The Bertz CT molecular complexity index is 842. The van der Waals surface area contributed by atoms with Crippen molar-refractivity contribution in [1.82, 2.24) is 9.80 Å². The first-order valence-corrected chi connectivity index (χ1v) is 12.3. The van der Waals surface area contributed by atoms with Gasteiger partial charge in [0.25, 0.3) is 0 Å². The van der Waals surface area contributed by atoms with Gasteiger partial charge in [0.2, 0.25) is 0 Å². The van der Waals surface area contributed by atoms with Gasteiger partial charge in [0.15, 0.2) is 0 Å². The third-order valence-corrected chi connectivity index (χ3v) is 7.12. The number of nitrogens with zero attached hydrogens (tertiary/aromatic N) is 2. The van der Waals surface area contributed by atoms with E-state index < -0.39 is 5.60 Å². The van der Waals surface area contributed by atoms with Gasteiger partial charge in [0.05, 0.1) is 20.3 Å². The fourth-order valence-electron chi connectivity index (χ4n) is 5.36. The molecule has 0 radical (unpaired) electrons. The summed E-state index contributed by atoms with van der Waals surface area (Å²) in [6, 6.07) is 5.00. The Morgan fingerprint density at radius 2 is 2.00 bits per heavy atom. The first kappa shape index (κ1) is 26.4. The molecule has 8 heteroatoms. The SMILES string of the molecule is COC(=O)CCCN(C)CCC1(OC(=O)N2CCOCC2)CCc2cc(F)ccc2C1C(C)C. The van der Waals surface area contributed by atoms with E-state index >= 15 is 0 Å². The van der Waals surface area contributed by atoms with Gasteiger partial charge in [-0.1, -0.05) is 19.9 Å². The lowest BCUT2D eigenvalue weighted by molar-refractivity contribution is -0.140. The Hall–Kier alpha value is -2.19. The molecule has 1 amide bonds. The maximum absolute atomic E-state index is 14.0. The number of fused-ring (bicyclic) bond motifs is 1. The Morgan fingerprint density at radius 3 is 2.68 bits per heavy atom. The first-order valence-electron chi connectivity index (χ1n) is 12.3. The minimum absolute atomic E-state index is 0.0368. The van der Waals surface area contributed by atoms with Gasteiger partial charge < -0.3 is 24.0 Å². The van der Waals surface area contributed by atoms with E-state index in [0.717, 1.165) is 24.2 Å². The second-order valence-corrected chi connectivity index (χ2v) is 9.83. The molecule has 1 aromatic carbocycles. The minimum Gasteiger partial charge on any atom is -0.469 e. The zero-order valence-electron chi connectivity index (χ0n) is 21.0. The number of carbonyl (C=O) groups excluding carboxylic acids is 2. The van der Waals surface area contributed by atoms with Crippen molar-refractivity contribution in [3.8, 4) is 0 Å². The quantitative estimate of drug-likeness (QED) is 0.500. The molecule has 0 bridgehead atoms. The van der Waals surface area contributed by atoms with Crippen molar-refractivity contribution < 1.29 is 28.2 Å². The van der Waals surface area contributed by atoms with E-state index in [9.17, 15) is 14.0 Å². The molecule has 190 valence electrons. The van der Waals surface area contributed by atoms with E-state index in [0.29, 0.717) is 58.4 Å². The smallest absolute Gasteiger partial charge is 0.410 e. The molecule has 1 aliphatic carbocycles. The standard InChI is InChI=1S/C26H39FN2O5/c1-19(2)24-22-8-7-21(27)18-20(22)9-10-26(24,34-25(31)29-14-16-33-17-15-29)11-13-28(3)12-5-6-23(30)32-4/h7-8,18-19,24H,5-6,9-17H2,1-4H3. The van der Waals surface area contributed by atoms with Crippen molar-refractivity contribution in [3.63, 3.8) is 0 Å². The van der Waals surface area contributed by atoms with Crippen LogP contribution in [0.15, 0.2) is 18.2 Å². The lowest BCUT2D eigenvalue weighted by Gasteiger charge is -2.47. The summed E-state index contributed by atoms with van der Waals surface area (Å²) < 4.78 is 30.5. The number of halogens is 1. The van der Waals surface area contributed by atoms with Crippen LogP contribution in [0.1, 0.15) is 56.6 Å². The van der Waals surface area contributed by atoms with E-state index in [2.05, 4.69) is 18.7 Å². The van der Waals surface area contributed by atoms with Crippen LogP contribution in [-0.2, 0) is 25.4 Å². The Labute approximate surface area is 202 Å². The molecule has 0 spiro atoms. The number of hydrogen-bond donors (Lipinski definition) is 0. The molecule has 1 saturated heterocycles. The largest absolute Gasteiger partial charge is 0.469 e. The van der Waals surface area contributed by atoms with Gasteiger partial charge in [0, 0.05) is 38.4 Å². The lowest BCUT2D eigenvalue weighted by Crippen LogP contribution is -2.52. The molecule has 0 aromatic heterocycles. The average Bonchev–Trinajstić information content (AvgIpc) is 2.83. The molecule has 1 aromatic rings. The Morgan fingerprint density at radius 1 is 1.26 bits per heavy atom. The number of benzene rings is 1. The molecule has 7 nitrogen and oxygen atoms in total. The van der Waals surface area contributed by atoms with Crippen LogP contribution in [0.4, 0.5) is 9.18 Å². The fourth-order valence-corrected chi connectivity index (χ4v) is 5.36. The van der Waals surface area contributed by atoms with Gasteiger partial charge in [-0.15, -0.1) is 0 Å². The van der Waals surface area contributed by atoms with Crippen LogP contribution in [0, 0.1) is 11.7 Å². The maximum Gasteiger partial charge on any atom is 0.410 e. The van der Waals surface area contributed by atoms with E-state index in [1.165, 1.54) is 13.2 Å². The molecule has 1 aliphatic heterocycles. The van der Waals surface area contributed by atoms with Crippen LogP contribution >= 0.6 is 0 Å². The number of rotatable bonds is 9. The van der Waals surface area contributed by atoms with Crippen molar-refractivity contribution >= 4 is 12.1 Å². The lowest BCUT2D eigenvalue weighted by atomic mass is 9.65. The number of methoxy groups -OCH3 is 1. The second kappa shape index (κ2) is 12.0. The van der Waals surface area contributed by atoms with Crippen LogP contribution < -0.4 is 0 Å². The van der Waals surface area contributed by atoms with E-state index in [-0.39, 0.29) is 29.7 Å². The minimum atomic E-state index is -0.689. The number of esters is 1. The molecule has 1 heterocycles. The number of ether oxygens (including phenoxy) is 3. The predicted octanol–water partition coefficient (Wildman–Crippen LogP) is 3.99. The summed E-state index contributed by atoms with van der Waals surface area (Å²) in [6.07, 6.45) is 2.77. The van der Waals surface area contributed by atoms with Crippen LogP contribution in [-0.4, -0.2) is 81.0 Å². The number of morpholine rings is 1. The summed E-state index contributed by atoms with van der Waals surface area (Å²) in [5.41, 5.74) is 1.39. The Balaban J connectivity index is 1.81. The van der Waals surface area contributed by atoms with Crippen LogP contribution in [0.3, 0.4) is 0 Å². The van der Waals surface area contributed by atoms with Crippen molar-refractivity contribution in [2.45, 2.75) is 57.5 Å². The van der Waals surface area contributed by atoms with Crippen LogP contribution in [0.2, 0.25) is 0 Å². The van der Waals surface area contributed by atoms with Crippen molar-refractivity contribution in [2.75, 3.05) is 53.6 Å². The maximum atomic E-state index is 14.0. The normalized spacial score (nSPS) is 22.6. The molecule has 0 saturated carbocycles. The topological polar surface area (TPSA) is 68.3 Å². The molecular weight excluding hydrogens is 439 g/mol. The van der Waals surface area contributed by atoms with E-state index in [4.69, 9.17) is 14.2 Å². The highest BCUT2D eigenvalue weighted by atomic mass is 19.1. The zero-order chi connectivity index (χ0) is 24.7. The highest BCUT2D eigenvalue weighted by Gasteiger charge is 2.48. The van der Waals surface area contributed by atoms with Crippen molar-refractivity contribution in [3.05, 3.63) is 35.1 Å². The highest BCUT2D eigenvalue weighted by molar-refractivity contribution is 5.69. The van der Waals surface area contributed by atoms with Crippen molar-refractivity contribution in [2.24, 2.45) is 5.92 Å². The van der Waals surface area contributed by atoms with Gasteiger partial charge in [-0.3, -0.25) is 4.79 Å². The molecule has 2 atom stereocenters. The van der Waals surface area contributed by atoms with E-state index in [1.54, 1.807) is 11.0 Å². The Kier molecular flexibility index (Phi) is 9.31. The highest BCUT2D eigenvalue weighted by Crippen LogP contribution is 2.48. The predicted molar refractivity (Wildman–Crippen MR) is 127 cm³/mol. The van der Waals surface area contributed by atoms with Crippen LogP contribution in [0.5, 0.6) is 0 Å². The fraction of sp³-hybridized carbons (Fsp3) is 0.692. The molecule has 0 N–H and O–H groups in total. The second-order valence-electron chi connectivity index (χ2n) is 9.83. The summed E-state index contributed by atoms with van der Waals surface area (Å²) in [6.45, 7) is 7.82. The summed E-state index contributed by atoms with van der Waals surface area (Å²) in [5.74, 6) is -0.276. The third-order valence-electron chi connectivity index (χ3n) is 7.12. The summed E-state index contributed by atoms with van der Waals surface area (Å²) in [5, 5.41) is 0. The molecule has 3 rings (SSSR count). The monoisotopic (exact) mass is 478 g/mol. The van der Waals surface area contributed by atoms with E-state index in [1.807, 2.05) is 13.1 Å².